The van der Waals surface area contributed by atoms with Crippen LogP contribution < -0.4 is 10.6 Å². The molecular weight excluding hydrogens is 214 g/mol. The van der Waals surface area contributed by atoms with Gasteiger partial charge in [0.1, 0.15) is 0 Å². The number of nitrogens with zero attached hydrogens (tertiary/aromatic N) is 1. The topological polar surface area (TPSA) is 90.9 Å². The summed E-state index contributed by atoms with van der Waals surface area (Å²) in [5.74, 6) is -0.310. The van der Waals surface area contributed by atoms with E-state index < -0.39 is 6.09 Å². The molecule has 0 aromatic carbocycles. The second-order valence-corrected chi connectivity index (χ2v) is 3.46. The third-order valence-corrected chi connectivity index (χ3v) is 2.25. The molecule has 0 unspecified atom stereocenters. The standard InChI is InChI=1S/C9H17N3O4/c13-8(7-11-9(14)15)10-1-2-12-3-5-16-6-4-12/h11H,1-7H2,(H,10,13)(H,14,15). The largest absolute Gasteiger partial charge is 0.465 e. The molecule has 1 heterocycles. The van der Waals surface area contributed by atoms with E-state index in [1.54, 1.807) is 0 Å². The lowest BCUT2D eigenvalue weighted by Gasteiger charge is -2.26. The maximum absolute atomic E-state index is 11.1. The van der Waals surface area contributed by atoms with Crippen molar-refractivity contribution in [1.82, 2.24) is 15.5 Å². The predicted octanol–water partition coefficient (Wildman–Crippen LogP) is -1.30. The van der Waals surface area contributed by atoms with Crippen molar-refractivity contribution in [3.05, 3.63) is 0 Å². The molecule has 1 saturated heterocycles. The Balaban J connectivity index is 2.01. The third kappa shape index (κ3) is 5.52. The van der Waals surface area contributed by atoms with E-state index in [-0.39, 0.29) is 12.5 Å². The Hall–Kier alpha value is -1.34. The highest BCUT2D eigenvalue weighted by atomic mass is 16.5. The minimum atomic E-state index is -1.19. The molecule has 1 aliphatic rings. The summed E-state index contributed by atoms with van der Waals surface area (Å²) >= 11 is 0. The normalized spacial score (nSPS) is 16.8. The highest BCUT2D eigenvalue weighted by molar-refractivity contribution is 5.81. The van der Waals surface area contributed by atoms with Crippen molar-refractivity contribution in [3.63, 3.8) is 0 Å². The molecule has 1 fully saturated rings. The van der Waals surface area contributed by atoms with Crippen LogP contribution in [0.15, 0.2) is 0 Å². The molecule has 1 rings (SSSR count). The van der Waals surface area contributed by atoms with Gasteiger partial charge in [0.25, 0.3) is 0 Å². The Kier molecular flexibility index (Phi) is 5.58. The fourth-order valence-corrected chi connectivity index (χ4v) is 1.40. The van der Waals surface area contributed by atoms with E-state index in [1.165, 1.54) is 0 Å². The molecule has 0 aromatic heterocycles. The second-order valence-electron chi connectivity index (χ2n) is 3.46. The van der Waals surface area contributed by atoms with Gasteiger partial charge in [0.2, 0.25) is 5.91 Å². The molecule has 0 aromatic rings. The first kappa shape index (κ1) is 12.7. The number of hydrogen-bond donors (Lipinski definition) is 3. The van der Waals surface area contributed by atoms with Gasteiger partial charge in [0, 0.05) is 26.2 Å². The van der Waals surface area contributed by atoms with Crippen molar-refractivity contribution < 1.29 is 19.4 Å². The van der Waals surface area contributed by atoms with Crippen molar-refractivity contribution >= 4 is 12.0 Å². The zero-order chi connectivity index (χ0) is 11.8. The Morgan fingerprint density at radius 2 is 1.94 bits per heavy atom. The summed E-state index contributed by atoms with van der Waals surface area (Å²) in [7, 11) is 0. The molecule has 0 aliphatic carbocycles. The van der Waals surface area contributed by atoms with Crippen LogP contribution in [0.5, 0.6) is 0 Å². The van der Waals surface area contributed by atoms with Crippen LogP contribution in [0, 0.1) is 0 Å². The number of ether oxygens (including phenoxy) is 1. The zero-order valence-electron chi connectivity index (χ0n) is 9.07. The van der Waals surface area contributed by atoms with Crippen LogP contribution in [-0.4, -0.2) is 67.9 Å². The number of rotatable bonds is 5. The fourth-order valence-electron chi connectivity index (χ4n) is 1.40. The van der Waals surface area contributed by atoms with Crippen LogP contribution in [0.4, 0.5) is 4.79 Å². The Labute approximate surface area is 93.7 Å². The maximum Gasteiger partial charge on any atom is 0.405 e. The molecule has 2 amide bonds. The number of amides is 2. The van der Waals surface area contributed by atoms with Crippen molar-refractivity contribution in [2.24, 2.45) is 0 Å². The second kappa shape index (κ2) is 7.02. The Bertz CT molecular complexity index is 241. The van der Waals surface area contributed by atoms with Gasteiger partial charge < -0.3 is 20.5 Å². The molecule has 0 bridgehead atoms. The molecule has 92 valence electrons. The summed E-state index contributed by atoms with van der Waals surface area (Å²) in [6, 6.07) is 0. The quantitative estimate of drug-likeness (QED) is 0.547. The minimum absolute atomic E-state index is 0.196. The smallest absolute Gasteiger partial charge is 0.405 e. The lowest BCUT2D eigenvalue weighted by atomic mass is 10.4. The van der Waals surface area contributed by atoms with Crippen molar-refractivity contribution in [2.45, 2.75) is 0 Å². The van der Waals surface area contributed by atoms with Gasteiger partial charge in [-0.15, -0.1) is 0 Å². The molecule has 3 N–H and O–H groups in total. The summed E-state index contributed by atoms with van der Waals surface area (Å²) < 4.78 is 5.19. The van der Waals surface area contributed by atoms with Crippen molar-refractivity contribution in [3.8, 4) is 0 Å². The third-order valence-electron chi connectivity index (χ3n) is 2.25. The average Bonchev–Trinajstić information content (AvgIpc) is 2.28. The lowest BCUT2D eigenvalue weighted by Crippen LogP contribution is -2.43. The summed E-state index contributed by atoms with van der Waals surface area (Å²) in [4.78, 5) is 23.4. The number of carboxylic acid groups (broad SMARTS) is 1. The first-order chi connectivity index (χ1) is 7.68. The van der Waals surface area contributed by atoms with Gasteiger partial charge >= 0.3 is 6.09 Å². The monoisotopic (exact) mass is 231 g/mol. The van der Waals surface area contributed by atoms with Gasteiger partial charge in [-0.25, -0.2) is 4.79 Å². The SMILES string of the molecule is O=C(O)NCC(=O)NCCN1CCOCC1. The van der Waals surface area contributed by atoms with Crippen LogP contribution in [0.25, 0.3) is 0 Å². The average molecular weight is 231 g/mol. The lowest BCUT2D eigenvalue weighted by molar-refractivity contribution is -0.120. The molecule has 0 radical (unpaired) electrons. The first-order valence-corrected chi connectivity index (χ1v) is 5.22. The van der Waals surface area contributed by atoms with E-state index in [2.05, 4.69) is 10.2 Å². The van der Waals surface area contributed by atoms with Crippen LogP contribution in [-0.2, 0) is 9.53 Å². The van der Waals surface area contributed by atoms with Gasteiger partial charge in [0.05, 0.1) is 19.8 Å². The van der Waals surface area contributed by atoms with E-state index in [1.807, 2.05) is 5.32 Å². The number of nitrogens with one attached hydrogen (secondary N) is 2. The van der Waals surface area contributed by atoms with E-state index in [0.717, 1.165) is 32.8 Å². The molecule has 0 saturated carbocycles. The molecular formula is C9H17N3O4. The van der Waals surface area contributed by atoms with E-state index in [9.17, 15) is 9.59 Å². The highest BCUT2D eigenvalue weighted by Crippen LogP contribution is 1.94. The molecule has 7 heteroatoms. The first-order valence-electron chi connectivity index (χ1n) is 5.22. The zero-order valence-corrected chi connectivity index (χ0v) is 9.07. The van der Waals surface area contributed by atoms with Gasteiger partial charge in [0.15, 0.2) is 0 Å². The summed E-state index contributed by atoms with van der Waals surface area (Å²) in [5.41, 5.74) is 0. The number of carbonyl (C=O) groups excluding carboxylic acids is 1. The fraction of sp³-hybridized carbons (Fsp3) is 0.778. The predicted molar refractivity (Wildman–Crippen MR) is 56.3 cm³/mol. The van der Waals surface area contributed by atoms with Gasteiger partial charge in [-0.05, 0) is 0 Å². The Morgan fingerprint density at radius 3 is 2.56 bits per heavy atom. The van der Waals surface area contributed by atoms with Gasteiger partial charge in [-0.2, -0.15) is 0 Å². The Morgan fingerprint density at radius 1 is 1.25 bits per heavy atom. The van der Waals surface area contributed by atoms with Gasteiger partial charge in [-0.1, -0.05) is 0 Å². The van der Waals surface area contributed by atoms with Crippen LogP contribution >= 0.6 is 0 Å². The molecule has 16 heavy (non-hydrogen) atoms. The summed E-state index contributed by atoms with van der Waals surface area (Å²) in [6.07, 6.45) is -1.19. The molecule has 0 spiro atoms. The minimum Gasteiger partial charge on any atom is -0.465 e. The van der Waals surface area contributed by atoms with E-state index >= 15 is 0 Å². The number of hydrogen-bond acceptors (Lipinski definition) is 4. The van der Waals surface area contributed by atoms with E-state index in [0.29, 0.717) is 6.54 Å². The summed E-state index contributed by atoms with van der Waals surface area (Å²) in [6.45, 7) is 4.32. The highest BCUT2D eigenvalue weighted by Gasteiger charge is 2.10. The maximum atomic E-state index is 11.1. The number of morpholine rings is 1. The molecule has 1 aliphatic heterocycles. The number of carbonyl (C=O) groups is 2. The summed E-state index contributed by atoms with van der Waals surface area (Å²) in [5, 5.41) is 12.9. The van der Waals surface area contributed by atoms with Crippen LogP contribution in [0.3, 0.4) is 0 Å². The van der Waals surface area contributed by atoms with Crippen molar-refractivity contribution in [2.75, 3.05) is 45.9 Å². The van der Waals surface area contributed by atoms with Crippen LogP contribution in [0.2, 0.25) is 0 Å². The van der Waals surface area contributed by atoms with E-state index in [4.69, 9.17) is 9.84 Å². The van der Waals surface area contributed by atoms with Crippen molar-refractivity contribution in [1.29, 1.82) is 0 Å². The van der Waals surface area contributed by atoms with Gasteiger partial charge in [-0.3, -0.25) is 9.69 Å². The van der Waals surface area contributed by atoms with Crippen LogP contribution in [0.1, 0.15) is 0 Å². The molecule has 7 nitrogen and oxygen atoms in total. The molecule has 0 atom stereocenters.